The van der Waals surface area contributed by atoms with Crippen molar-refractivity contribution in [3.8, 4) is 17.4 Å². The fraction of sp³-hybridized carbons (Fsp3) is 0.278. The molecule has 0 aliphatic heterocycles. The topological polar surface area (TPSA) is 107 Å². The van der Waals surface area contributed by atoms with Crippen molar-refractivity contribution in [3.05, 3.63) is 42.4 Å². The number of hydrogen-bond acceptors (Lipinski definition) is 7. The van der Waals surface area contributed by atoms with Crippen LogP contribution in [0.1, 0.15) is 5.56 Å². The predicted octanol–water partition coefficient (Wildman–Crippen LogP) is 2.23. The lowest BCUT2D eigenvalue weighted by Gasteiger charge is -2.10. The zero-order valence-electron chi connectivity index (χ0n) is 15.2. The number of aromatic nitrogens is 5. The van der Waals surface area contributed by atoms with Gasteiger partial charge in [-0.05, 0) is 13.0 Å². The molecule has 0 bridgehead atoms. The first-order valence-electron chi connectivity index (χ1n) is 8.50. The lowest BCUT2D eigenvalue weighted by atomic mass is 10.3. The van der Waals surface area contributed by atoms with Gasteiger partial charge in [0, 0.05) is 18.9 Å². The number of methoxy groups -OCH3 is 1. The van der Waals surface area contributed by atoms with E-state index in [2.05, 4.69) is 20.1 Å². The zero-order valence-corrected chi connectivity index (χ0v) is 15.2. The average molecular weight is 387 g/mol. The molecule has 0 aliphatic rings. The number of ether oxygens (including phenoxy) is 3. The largest absolute Gasteiger partial charge is 0.489 e. The van der Waals surface area contributed by atoms with Crippen LogP contribution in [0.4, 0.5) is 4.39 Å². The van der Waals surface area contributed by atoms with Gasteiger partial charge in [0.1, 0.15) is 36.0 Å². The minimum atomic E-state index is -0.762. The number of H-pyrrole nitrogens is 1. The van der Waals surface area contributed by atoms with Gasteiger partial charge in [0.05, 0.1) is 24.4 Å². The molecule has 0 radical (unpaired) electrons. The fourth-order valence-electron chi connectivity index (χ4n) is 2.88. The molecule has 1 atom stereocenters. The summed E-state index contributed by atoms with van der Waals surface area (Å²) in [4.78, 5) is 11.1. The van der Waals surface area contributed by atoms with Crippen molar-refractivity contribution in [3.63, 3.8) is 0 Å². The number of nitrogens with one attached hydrogen (secondary N) is 1. The van der Waals surface area contributed by atoms with Crippen LogP contribution >= 0.6 is 0 Å². The number of rotatable bonds is 7. The SMILES string of the molecule is COCC(O)COc1cn2ncnc(Oc3cnc4[nH]ccc4c3F)c2c1C. The van der Waals surface area contributed by atoms with Crippen LogP contribution in [0.2, 0.25) is 0 Å². The van der Waals surface area contributed by atoms with Gasteiger partial charge in [0.2, 0.25) is 5.88 Å². The van der Waals surface area contributed by atoms with E-state index >= 15 is 0 Å². The highest BCUT2D eigenvalue weighted by molar-refractivity contribution is 5.78. The van der Waals surface area contributed by atoms with E-state index in [0.29, 0.717) is 27.9 Å². The highest BCUT2D eigenvalue weighted by Crippen LogP contribution is 2.33. The molecule has 0 saturated carbocycles. The Morgan fingerprint density at radius 1 is 1.29 bits per heavy atom. The molecule has 4 aromatic rings. The fourth-order valence-corrected chi connectivity index (χ4v) is 2.88. The molecule has 2 N–H and O–H groups in total. The molecule has 4 heterocycles. The molecule has 9 nitrogen and oxygen atoms in total. The van der Waals surface area contributed by atoms with Gasteiger partial charge in [0.25, 0.3) is 0 Å². The maximum atomic E-state index is 14.7. The highest BCUT2D eigenvalue weighted by Gasteiger charge is 2.19. The van der Waals surface area contributed by atoms with E-state index in [0.717, 1.165) is 0 Å². The summed E-state index contributed by atoms with van der Waals surface area (Å²) in [5.74, 6) is 0.0771. The number of hydrogen-bond donors (Lipinski definition) is 2. The molecule has 0 fully saturated rings. The van der Waals surface area contributed by atoms with E-state index < -0.39 is 11.9 Å². The number of aromatic amines is 1. The zero-order chi connectivity index (χ0) is 19.7. The van der Waals surface area contributed by atoms with Gasteiger partial charge < -0.3 is 24.3 Å². The van der Waals surface area contributed by atoms with Gasteiger partial charge in [0.15, 0.2) is 11.6 Å². The molecule has 1 unspecified atom stereocenters. The maximum absolute atomic E-state index is 14.7. The molecule has 0 aromatic carbocycles. The van der Waals surface area contributed by atoms with Crippen LogP contribution in [-0.4, -0.2) is 56.1 Å². The summed E-state index contributed by atoms with van der Waals surface area (Å²) in [6.07, 6.45) is 5.08. The lowest BCUT2D eigenvalue weighted by Crippen LogP contribution is -2.22. The quantitative estimate of drug-likeness (QED) is 0.501. The number of aryl methyl sites for hydroxylation is 1. The summed E-state index contributed by atoms with van der Waals surface area (Å²) in [6.45, 7) is 2.01. The predicted molar refractivity (Wildman–Crippen MR) is 97.2 cm³/mol. The molecule has 146 valence electrons. The summed E-state index contributed by atoms with van der Waals surface area (Å²) in [5, 5.41) is 14.2. The van der Waals surface area contributed by atoms with Crippen LogP contribution < -0.4 is 9.47 Å². The van der Waals surface area contributed by atoms with Crippen LogP contribution in [0.3, 0.4) is 0 Å². The van der Waals surface area contributed by atoms with Crippen molar-refractivity contribution in [2.45, 2.75) is 13.0 Å². The standard InChI is InChI=1S/C18H18FN5O4/c1-10-14(27-8-11(25)7-26-2)6-24-16(10)18(22-9-23-24)28-13-5-21-17-12(15(13)19)3-4-20-17/h3-6,9,11,25H,7-8H2,1-2H3,(H,20,21). The van der Waals surface area contributed by atoms with Crippen LogP contribution in [0.5, 0.6) is 17.4 Å². The molecule has 10 heteroatoms. The second-order valence-corrected chi connectivity index (χ2v) is 6.18. The van der Waals surface area contributed by atoms with Crippen molar-refractivity contribution in [2.24, 2.45) is 0 Å². The summed E-state index contributed by atoms with van der Waals surface area (Å²) >= 11 is 0. The normalized spacial score (nSPS) is 12.6. The Balaban J connectivity index is 1.66. The molecule has 28 heavy (non-hydrogen) atoms. The number of aliphatic hydroxyl groups excluding tert-OH is 1. The molecule has 0 saturated heterocycles. The molecular weight excluding hydrogens is 369 g/mol. The van der Waals surface area contributed by atoms with Gasteiger partial charge in [-0.1, -0.05) is 0 Å². The molecule has 0 amide bonds. The first-order valence-corrected chi connectivity index (χ1v) is 8.50. The Morgan fingerprint density at radius 2 is 2.14 bits per heavy atom. The Hall–Kier alpha value is -3.24. The summed E-state index contributed by atoms with van der Waals surface area (Å²) in [6, 6.07) is 1.58. The molecule has 4 aromatic heterocycles. The molecule has 0 aliphatic carbocycles. The molecule has 4 rings (SSSR count). The van der Waals surface area contributed by atoms with Crippen LogP contribution in [0.15, 0.2) is 31.0 Å². The van der Waals surface area contributed by atoms with Crippen molar-refractivity contribution >= 4 is 16.6 Å². The van der Waals surface area contributed by atoms with Crippen LogP contribution in [0.25, 0.3) is 16.6 Å². The van der Waals surface area contributed by atoms with E-state index in [-0.39, 0.29) is 24.8 Å². The average Bonchev–Trinajstić information content (AvgIpc) is 3.28. The van der Waals surface area contributed by atoms with E-state index in [1.807, 2.05) is 0 Å². The van der Waals surface area contributed by atoms with Gasteiger partial charge in [-0.15, -0.1) is 0 Å². The molecular formula is C18H18FN5O4. The minimum Gasteiger partial charge on any atom is -0.489 e. The lowest BCUT2D eigenvalue weighted by molar-refractivity contribution is 0.0324. The van der Waals surface area contributed by atoms with E-state index in [4.69, 9.17) is 14.2 Å². The summed E-state index contributed by atoms with van der Waals surface area (Å²) < 4.78 is 32.4. The van der Waals surface area contributed by atoms with Crippen molar-refractivity contribution in [2.75, 3.05) is 20.3 Å². The highest BCUT2D eigenvalue weighted by atomic mass is 19.1. The number of fused-ring (bicyclic) bond motifs is 2. The van der Waals surface area contributed by atoms with Crippen LogP contribution in [-0.2, 0) is 4.74 Å². The van der Waals surface area contributed by atoms with E-state index in [1.165, 1.54) is 24.1 Å². The van der Waals surface area contributed by atoms with Gasteiger partial charge in [-0.3, -0.25) is 0 Å². The summed E-state index contributed by atoms with van der Waals surface area (Å²) in [5.41, 5.74) is 1.64. The third-order valence-electron chi connectivity index (χ3n) is 4.23. The van der Waals surface area contributed by atoms with E-state index in [9.17, 15) is 9.50 Å². The van der Waals surface area contributed by atoms with Crippen molar-refractivity contribution in [1.82, 2.24) is 24.6 Å². The first-order chi connectivity index (χ1) is 13.6. The van der Waals surface area contributed by atoms with Crippen molar-refractivity contribution in [1.29, 1.82) is 0 Å². The van der Waals surface area contributed by atoms with Crippen LogP contribution in [0, 0.1) is 12.7 Å². The monoisotopic (exact) mass is 387 g/mol. The third kappa shape index (κ3) is 3.23. The van der Waals surface area contributed by atoms with Gasteiger partial charge >= 0.3 is 0 Å². The third-order valence-corrected chi connectivity index (χ3v) is 4.23. The first kappa shape index (κ1) is 18.1. The smallest absolute Gasteiger partial charge is 0.247 e. The number of pyridine rings is 1. The number of halogens is 1. The van der Waals surface area contributed by atoms with Gasteiger partial charge in [-0.25, -0.2) is 13.9 Å². The number of nitrogens with zero attached hydrogens (tertiary/aromatic N) is 4. The summed E-state index contributed by atoms with van der Waals surface area (Å²) in [7, 11) is 1.50. The maximum Gasteiger partial charge on any atom is 0.247 e. The van der Waals surface area contributed by atoms with E-state index in [1.54, 1.807) is 25.4 Å². The Kier molecular flexibility index (Phi) is 4.80. The number of aliphatic hydroxyl groups is 1. The van der Waals surface area contributed by atoms with Crippen molar-refractivity contribution < 1.29 is 23.7 Å². The molecule has 0 spiro atoms. The Bertz CT molecular complexity index is 1130. The second kappa shape index (κ2) is 7.41. The Morgan fingerprint density at radius 3 is 2.96 bits per heavy atom. The Labute approximate surface area is 158 Å². The van der Waals surface area contributed by atoms with Gasteiger partial charge in [-0.2, -0.15) is 10.1 Å². The second-order valence-electron chi connectivity index (χ2n) is 6.18. The minimum absolute atomic E-state index is 0.0497.